The number of nitrogens with zero attached hydrogens (tertiary/aromatic N) is 1. The van der Waals surface area contributed by atoms with Crippen molar-refractivity contribution in [2.45, 2.75) is 19.3 Å². The number of carbonyl (C=O) groups excluding carboxylic acids is 1. The maximum absolute atomic E-state index is 12.2. The Morgan fingerprint density at radius 3 is 2.57 bits per heavy atom. The molecular weight excluding hydrogens is 305 g/mol. The van der Waals surface area contributed by atoms with E-state index in [-0.39, 0.29) is 23.2 Å². The van der Waals surface area contributed by atoms with Crippen molar-refractivity contribution in [2.75, 3.05) is 24.8 Å². The number of hydrogen-bond donors (Lipinski definition) is 1. The highest BCUT2D eigenvalue weighted by molar-refractivity contribution is 7.98. The highest BCUT2D eigenvalue weighted by Crippen LogP contribution is 2.29. The van der Waals surface area contributed by atoms with Crippen molar-refractivity contribution in [3.05, 3.63) is 23.8 Å². The summed E-state index contributed by atoms with van der Waals surface area (Å²) in [6, 6.07) is 3.50. The molecule has 0 radical (unpaired) electrons. The molecule has 0 aliphatic rings. The summed E-state index contributed by atoms with van der Waals surface area (Å²) >= 11 is 1.60. The lowest BCUT2D eigenvalue weighted by Gasteiger charge is -2.24. The minimum absolute atomic E-state index is 0.000161. The van der Waals surface area contributed by atoms with Crippen LogP contribution >= 0.6 is 11.8 Å². The van der Waals surface area contributed by atoms with Crippen LogP contribution in [-0.4, -0.2) is 42.3 Å². The second-order valence-corrected chi connectivity index (χ2v) is 5.43. The van der Waals surface area contributed by atoms with Gasteiger partial charge < -0.3 is 15.4 Å². The number of hydrogen-bond acceptors (Lipinski definition) is 4. The highest BCUT2D eigenvalue weighted by atomic mass is 32.2. The van der Waals surface area contributed by atoms with Gasteiger partial charge in [-0.15, -0.1) is 13.2 Å². The number of ether oxygens (including phenoxy) is 1. The number of nitrogens with two attached hydrogens (primary N) is 1. The third-order valence-corrected chi connectivity index (χ3v) is 3.69. The molecule has 0 aliphatic heterocycles. The number of alkyl halides is 3. The van der Waals surface area contributed by atoms with E-state index in [1.807, 2.05) is 13.2 Å². The average Bonchev–Trinajstić information content (AvgIpc) is 2.38. The van der Waals surface area contributed by atoms with Gasteiger partial charge in [-0.2, -0.15) is 11.8 Å². The molecule has 0 bridgehead atoms. The number of rotatable bonds is 5. The van der Waals surface area contributed by atoms with Crippen molar-refractivity contribution in [2.24, 2.45) is 0 Å². The van der Waals surface area contributed by atoms with E-state index in [9.17, 15) is 18.0 Å². The van der Waals surface area contributed by atoms with Gasteiger partial charge in [0.1, 0.15) is 0 Å². The minimum Gasteiger partial charge on any atom is -0.404 e. The van der Waals surface area contributed by atoms with Gasteiger partial charge in [0.15, 0.2) is 5.75 Å². The van der Waals surface area contributed by atoms with Crippen LogP contribution in [0.2, 0.25) is 0 Å². The molecule has 1 rings (SSSR count). The first kappa shape index (κ1) is 17.5. The molecule has 1 atom stereocenters. The summed E-state index contributed by atoms with van der Waals surface area (Å²) in [7, 11) is 1.64. The van der Waals surface area contributed by atoms with Crippen molar-refractivity contribution in [1.29, 1.82) is 0 Å². The van der Waals surface area contributed by atoms with Crippen LogP contribution in [0.15, 0.2) is 18.2 Å². The molecule has 1 amide bonds. The molecule has 1 unspecified atom stereocenters. The predicted molar refractivity (Wildman–Crippen MR) is 77.5 cm³/mol. The van der Waals surface area contributed by atoms with Crippen LogP contribution in [-0.2, 0) is 0 Å². The van der Waals surface area contributed by atoms with Gasteiger partial charge >= 0.3 is 6.36 Å². The molecule has 0 aromatic heterocycles. The van der Waals surface area contributed by atoms with Gasteiger partial charge in [-0.1, -0.05) is 0 Å². The molecule has 1 aromatic carbocycles. The molecule has 8 heteroatoms. The van der Waals surface area contributed by atoms with Crippen LogP contribution in [0, 0.1) is 0 Å². The van der Waals surface area contributed by atoms with Crippen LogP contribution in [0.5, 0.6) is 5.75 Å². The highest BCUT2D eigenvalue weighted by Gasteiger charge is 2.32. The first-order valence-electron chi connectivity index (χ1n) is 6.07. The van der Waals surface area contributed by atoms with Crippen LogP contribution < -0.4 is 10.5 Å². The van der Waals surface area contributed by atoms with Gasteiger partial charge in [-0.25, -0.2) is 0 Å². The van der Waals surface area contributed by atoms with Crippen molar-refractivity contribution < 1.29 is 22.7 Å². The Balaban J connectivity index is 2.90. The van der Waals surface area contributed by atoms with E-state index in [1.54, 1.807) is 18.8 Å². The van der Waals surface area contributed by atoms with E-state index in [4.69, 9.17) is 5.73 Å². The van der Waals surface area contributed by atoms with Gasteiger partial charge in [0.25, 0.3) is 5.91 Å². The normalized spacial score (nSPS) is 12.9. The lowest BCUT2D eigenvalue weighted by atomic mass is 10.1. The zero-order valence-corrected chi connectivity index (χ0v) is 12.7. The summed E-state index contributed by atoms with van der Waals surface area (Å²) in [6.07, 6.45) is -2.89. The SMILES string of the molecule is CSCC(C)N(C)C(=O)c1ccc(OC(F)(F)F)c(N)c1. The summed E-state index contributed by atoms with van der Waals surface area (Å²) in [5.74, 6) is -0.0619. The standard InChI is InChI=1S/C13H17F3N2O2S/c1-8(7-21-3)18(2)12(19)9-4-5-11(10(17)6-9)20-13(14,15)16/h4-6,8H,7,17H2,1-3H3. The number of carbonyl (C=O) groups is 1. The monoisotopic (exact) mass is 322 g/mol. The van der Waals surface area contributed by atoms with Crippen molar-refractivity contribution in [3.63, 3.8) is 0 Å². The first-order chi connectivity index (χ1) is 9.65. The average molecular weight is 322 g/mol. The molecule has 118 valence electrons. The predicted octanol–water partition coefficient (Wildman–Crippen LogP) is 2.99. The molecule has 0 saturated carbocycles. The van der Waals surface area contributed by atoms with Crippen LogP contribution in [0.3, 0.4) is 0 Å². The van der Waals surface area contributed by atoms with Crippen LogP contribution in [0.4, 0.5) is 18.9 Å². The van der Waals surface area contributed by atoms with Gasteiger partial charge in [0.2, 0.25) is 0 Å². The molecule has 1 aromatic rings. The summed E-state index contributed by atoms with van der Waals surface area (Å²) in [6.45, 7) is 1.89. The fourth-order valence-corrected chi connectivity index (χ4v) is 2.36. The Morgan fingerprint density at radius 1 is 1.48 bits per heavy atom. The first-order valence-corrected chi connectivity index (χ1v) is 7.46. The number of amides is 1. The summed E-state index contributed by atoms with van der Waals surface area (Å²) in [4.78, 5) is 13.7. The topological polar surface area (TPSA) is 55.6 Å². The Morgan fingerprint density at radius 2 is 2.10 bits per heavy atom. The fraction of sp³-hybridized carbons (Fsp3) is 0.462. The van der Waals surface area contributed by atoms with Gasteiger partial charge in [0.05, 0.1) is 5.69 Å². The number of halogens is 3. The fourth-order valence-electron chi connectivity index (χ4n) is 1.66. The van der Waals surface area contributed by atoms with Crippen LogP contribution in [0.1, 0.15) is 17.3 Å². The molecule has 0 spiro atoms. The summed E-state index contributed by atoms with van der Waals surface area (Å²) < 4.78 is 40.2. The van der Waals surface area contributed by atoms with Gasteiger partial charge in [0, 0.05) is 24.4 Å². The smallest absolute Gasteiger partial charge is 0.404 e. The van der Waals surface area contributed by atoms with Gasteiger partial charge in [-0.3, -0.25) is 4.79 Å². The lowest BCUT2D eigenvalue weighted by molar-refractivity contribution is -0.274. The minimum atomic E-state index is -4.82. The van der Waals surface area contributed by atoms with Crippen LogP contribution in [0.25, 0.3) is 0 Å². The lowest BCUT2D eigenvalue weighted by Crippen LogP contribution is -2.36. The Bertz CT molecular complexity index is 509. The number of nitrogen functional groups attached to an aromatic ring is 1. The molecular formula is C13H17F3N2O2S. The molecule has 0 saturated heterocycles. The molecule has 0 fully saturated rings. The molecule has 21 heavy (non-hydrogen) atoms. The summed E-state index contributed by atoms with van der Waals surface area (Å²) in [5, 5.41) is 0. The molecule has 2 N–H and O–H groups in total. The van der Waals surface area contributed by atoms with E-state index in [0.717, 1.165) is 11.8 Å². The Hall–Kier alpha value is -1.57. The number of thioether (sulfide) groups is 1. The second kappa shape index (κ2) is 6.93. The maximum Gasteiger partial charge on any atom is 0.573 e. The second-order valence-electron chi connectivity index (χ2n) is 4.52. The largest absolute Gasteiger partial charge is 0.573 e. The number of benzene rings is 1. The molecule has 4 nitrogen and oxygen atoms in total. The van der Waals surface area contributed by atoms with E-state index in [2.05, 4.69) is 4.74 Å². The Kier molecular flexibility index (Phi) is 5.77. The quantitative estimate of drug-likeness (QED) is 0.847. The third kappa shape index (κ3) is 5.04. The van der Waals surface area contributed by atoms with Gasteiger partial charge in [-0.05, 0) is 31.4 Å². The molecule has 0 heterocycles. The summed E-state index contributed by atoms with van der Waals surface area (Å²) in [5.41, 5.74) is 5.49. The zero-order valence-electron chi connectivity index (χ0n) is 11.9. The third-order valence-electron chi connectivity index (χ3n) is 2.87. The van der Waals surface area contributed by atoms with E-state index >= 15 is 0 Å². The van der Waals surface area contributed by atoms with Crippen molar-refractivity contribution in [3.8, 4) is 5.75 Å². The van der Waals surface area contributed by atoms with E-state index in [1.165, 1.54) is 17.0 Å². The van der Waals surface area contributed by atoms with Crippen molar-refractivity contribution in [1.82, 2.24) is 4.90 Å². The number of anilines is 1. The van der Waals surface area contributed by atoms with E-state index < -0.39 is 12.1 Å². The molecule has 0 aliphatic carbocycles. The Labute approximate surface area is 125 Å². The maximum atomic E-state index is 12.2. The van der Waals surface area contributed by atoms with E-state index in [0.29, 0.717) is 0 Å². The zero-order chi connectivity index (χ0) is 16.2. The van der Waals surface area contributed by atoms with Crippen molar-refractivity contribution >= 4 is 23.4 Å².